The van der Waals surface area contributed by atoms with Gasteiger partial charge in [-0.05, 0) is 31.8 Å². The van der Waals surface area contributed by atoms with Gasteiger partial charge in [0.1, 0.15) is 5.78 Å². The van der Waals surface area contributed by atoms with Crippen LogP contribution in [0.5, 0.6) is 0 Å². The Hall–Kier alpha value is -1.94. The van der Waals surface area contributed by atoms with Crippen LogP contribution < -0.4 is 11.1 Å². The summed E-state index contributed by atoms with van der Waals surface area (Å²) in [7, 11) is -1.94. The Morgan fingerprint density at radius 3 is 2.20 bits per heavy atom. The third-order valence-corrected chi connectivity index (χ3v) is 5.05. The van der Waals surface area contributed by atoms with Crippen molar-refractivity contribution >= 4 is 18.6 Å². The van der Waals surface area contributed by atoms with Gasteiger partial charge in [-0.1, -0.05) is 0 Å². The van der Waals surface area contributed by atoms with Gasteiger partial charge in [0.2, 0.25) is 0 Å². The summed E-state index contributed by atoms with van der Waals surface area (Å²) in [5, 5.41) is 0. The lowest BCUT2D eigenvalue weighted by Crippen LogP contribution is -2.32. The quantitative estimate of drug-likeness (QED) is 0.459. The van der Waals surface area contributed by atoms with Crippen LogP contribution in [0.25, 0.3) is 11.0 Å². The molecular formula is C13H15F3N3O5P. The van der Waals surface area contributed by atoms with E-state index in [0.717, 1.165) is 0 Å². The number of likely N-dealkylation sites (N-methyl/N-ethyl adjacent to an activating group) is 1. The van der Waals surface area contributed by atoms with Gasteiger partial charge in [-0.25, -0.2) is 0 Å². The largest absolute Gasteiger partial charge is 0.416 e. The van der Waals surface area contributed by atoms with Gasteiger partial charge in [-0.15, -0.1) is 0 Å². The first-order valence-corrected chi connectivity index (χ1v) is 8.57. The minimum atomic E-state index is -4.74. The Bertz CT molecular complexity index is 960. The molecule has 8 nitrogen and oxygen atoms in total. The summed E-state index contributed by atoms with van der Waals surface area (Å²) in [5.41, 5.74) is -3.86. The SMILES string of the molecule is CN(C)[C@@H](Cc1cc(C(F)(F)F)cc2[nH]c(=O)c(=O)[nH]c12)P(=O)(O)O. The number of benzene rings is 1. The lowest BCUT2D eigenvalue weighted by Gasteiger charge is -2.25. The highest BCUT2D eigenvalue weighted by Crippen LogP contribution is 2.44. The number of aromatic amines is 2. The van der Waals surface area contributed by atoms with Gasteiger partial charge in [0.25, 0.3) is 0 Å². The third-order valence-electron chi connectivity index (χ3n) is 3.63. The zero-order valence-electron chi connectivity index (χ0n) is 13.1. The molecule has 0 aliphatic rings. The lowest BCUT2D eigenvalue weighted by atomic mass is 10.0. The number of fused-ring (bicyclic) bond motifs is 1. The number of halogens is 3. The first-order chi connectivity index (χ1) is 11.3. The predicted octanol–water partition coefficient (Wildman–Crippen LogP) is 0.843. The van der Waals surface area contributed by atoms with Gasteiger partial charge in [-0.2, -0.15) is 13.2 Å². The number of aromatic nitrogens is 2. The molecule has 0 fully saturated rings. The molecule has 4 N–H and O–H groups in total. The topological polar surface area (TPSA) is 126 Å². The lowest BCUT2D eigenvalue weighted by molar-refractivity contribution is -0.137. The molecule has 1 heterocycles. The summed E-state index contributed by atoms with van der Waals surface area (Å²) in [6.07, 6.45) is -5.22. The van der Waals surface area contributed by atoms with Gasteiger partial charge in [-0.3, -0.25) is 19.1 Å². The first-order valence-electron chi connectivity index (χ1n) is 6.89. The second-order valence-electron chi connectivity index (χ2n) is 5.70. The second-order valence-corrected chi connectivity index (χ2v) is 7.48. The Morgan fingerprint density at radius 1 is 1.16 bits per heavy atom. The molecule has 12 heteroatoms. The number of rotatable bonds is 4. The molecule has 0 unspecified atom stereocenters. The minimum absolute atomic E-state index is 0.113. The molecule has 0 radical (unpaired) electrons. The van der Waals surface area contributed by atoms with Gasteiger partial charge < -0.3 is 19.8 Å². The van der Waals surface area contributed by atoms with Crippen LogP contribution in [-0.2, 0) is 17.2 Å². The summed E-state index contributed by atoms with van der Waals surface area (Å²) >= 11 is 0. The van der Waals surface area contributed by atoms with Crippen LogP contribution in [-0.4, -0.2) is 44.5 Å². The first kappa shape index (κ1) is 19.4. The van der Waals surface area contributed by atoms with E-state index in [4.69, 9.17) is 0 Å². The van der Waals surface area contributed by atoms with Crippen molar-refractivity contribution in [1.29, 1.82) is 0 Å². The maximum Gasteiger partial charge on any atom is 0.416 e. The van der Waals surface area contributed by atoms with Crippen LogP contribution in [0.2, 0.25) is 0 Å². The monoisotopic (exact) mass is 381 g/mol. The molecule has 1 aromatic carbocycles. The number of hydrogen-bond acceptors (Lipinski definition) is 4. The normalized spacial score (nSPS) is 14.2. The van der Waals surface area contributed by atoms with Crippen molar-refractivity contribution in [2.45, 2.75) is 18.4 Å². The fourth-order valence-electron chi connectivity index (χ4n) is 2.42. The van der Waals surface area contributed by atoms with Gasteiger partial charge in [0, 0.05) is 6.42 Å². The molecule has 2 rings (SSSR count). The van der Waals surface area contributed by atoms with Crippen molar-refractivity contribution in [3.63, 3.8) is 0 Å². The van der Waals surface area contributed by atoms with E-state index in [9.17, 15) is 37.1 Å². The van der Waals surface area contributed by atoms with Crippen molar-refractivity contribution in [3.05, 3.63) is 44.0 Å². The zero-order valence-corrected chi connectivity index (χ0v) is 14.0. The summed E-state index contributed by atoms with van der Waals surface area (Å²) in [6.45, 7) is 0. The molecule has 0 bridgehead atoms. The molecule has 0 saturated carbocycles. The Kier molecular flexibility index (Phi) is 4.97. The molecule has 1 aromatic heterocycles. The number of nitrogens with zero attached hydrogens (tertiary/aromatic N) is 1. The molecule has 0 amide bonds. The molecular weight excluding hydrogens is 366 g/mol. The number of alkyl halides is 3. The summed E-state index contributed by atoms with van der Waals surface area (Å²) in [6, 6.07) is 1.35. The average molecular weight is 381 g/mol. The van der Waals surface area contributed by atoms with Crippen molar-refractivity contribution < 1.29 is 27.5 Å². The molecule has 0 aliphatic heterocycles. The van der Waals surface area contributed by atoms with Crippen molar-refractivity contribution in [2.75, 3.05) is 14.1 Å². The van der Waals surface area contributed by atoms with Crippen LogP contribution in [0, 0.1) is 0 Å². The van der Waals surface area contributed by atoms with Crippen LogP contribution in [0.15, 0.2) is 21.7 Å². The standard InChI is InChI=1S/C13H15F3N3O5P/c1-19(2)9(25(22,23)24)4-6-3-7(13(14,15)16)5-8-10(6)18-12(21)11(20)17-8/h3,5,9H,4H2,1-2H3,(H,17,20)(H,18,21)(H2,22,23,24)/t9-/m1/s1. The van der Waals surface area contributed by atoms with Gasteiger partial charge in [0.15, 0.2) is 0 Å². The third kappa shape index (κ3) is 4.18. The number of H-pyrrole nitrogens is 2. The van der Waals surface area contributed by atoms with Crippen LogP contribution >= 0.6 is 7.60 Å². The minimum Gasteiger partial charge on any atom is -0.323 e. The van der Waals surface area contributed by atoms with E-state index in [-0.39, 0.29) is 16.6 Å². The van der Waals surface area contributed by atoms with Gasteiger partial charge >= 0.3 is 24.9 Å². The molecule has 25 heavy (non-hydrogen) atoms. The highest BCUT2D eigenvalue weighted by atomic mass is 31.2. The maximum absolute atomic E-state index is 13.1. The highest BCUT2D eigenvalue weighted by Gasteiger charge is 2.35. The van der Waals surface area contributed by atoms with Gasteiger partial charge in [0.05, 0.1) is 16.6 Å². The van der Waals surface area contributed by atoms with Crippen molar-refractivity contribution in [3.8, 4) is 0 Å². The van der Waals surface area contributed by atoms with E-state index >= 15 is 0 Å². The molecule has 0 saturated heterocycles. The molecule has 0 aliphatic carbocycles. The molecule has 138 valence electrons. The summed E-state index contributed by atoms with van der Waals surface area (Å²) in [4.78, 5) is 47.1. The summed E-state index contributed by atoms with van der Waals surface area (Å²) < 4.78 is 50.8. The smallest absolute Gasteiger partial charge is 0.323 e. The van der Waals surface area contributed by atoms with Crippen LogP contribution in [0.1, 0.15) is 11.1 Å². The maximum atomic E-state index is 13.1. The van der Waals surface area contributed by atoms with E-state index in [2.05, 4.69) is 4.98 Å². The second kappa shape index (κ2) is 6.41. The van der Waals surface area contributed by atoms with Crippen molar-refractivity contribution in [2.24, 2.45) is 0 Å². The Morgan fingerprint density at radius 2 is 1.72 bits per heavy atom. The number of hydrogen-bond donors (Lipinski definition) is 4. The Labute approximate surface area is 138 Å². The fourth-order valence-corrected chi connectivity index (χ4v) is 3.46. The van der Waals surface area contributed by atoms with Crippen molar-refractivity contribution in [1.82, 2.24) is 14.9 Å². The fraction of sp³-hybridized carbons (Fsp3) is 0.385. The van der Waals surface area contributed by atoms with E-state index < -0.39 is 42.7 Å². The zero-order chi connectivity index (χ0) is 19.2. The Balaban J connectivity index is 2.76. The van der Waals surface area contributed by atoms with E-state index in [0.29, 0.717) is 12.1 Å². The molecule has 2 aromatic rings. The van der Waals surface area contributed by atoms with E-state index in [1.807, 2.05) is 4.98 Å². The summed E-state index contributed by atoms with van der Waals surface area (Å²) in [5.74, 6) is -1.41. The highest BCUT2D eigenvalue weighted by molar-refractivity contribution is 7.52. The average Bonchev–Trinajstić information content (AvgIpc) is 2.43. The van der Waals surface area contributed by atoms with Crippen LogP contribution in [0.4, 0.5) is 13.2 Å². The van der Waals surface area contributed by atoms with Crippen LogP contribution in [0.3, 0.4) is 0 Å². The molecule has 1 atom stereocenters. The molecule has 0 spiro atoms. The number of nitrogens with one attached hydrogen (secondary N) is 2. The predicted molar refractivity (Wildman–Crippen MR) is 83.4 cm³/mol. The van der Waals surface area contributed by atoms with E-state index in [1.54, 1.807) is 0 Å². The van der Waals surface area contributed by atoms with E-state index in [1.165, 1.54) is 19.0 Å².